The molecule has 7 nitrogen and oxygen atoms in total. The number of rotatable bonds is 4. The van der Waals surface area contributed by atoms with Crippen LogP contribution in [0.4, 0.5) is 0 Å². The molecular weight excluding hydrogens is 356 g/mol. The molecule has 0 aromatic rings. The SMILES string of the molecule is CC(=O)C=C(C)O.CC(=O)C=C(C)O.CO[Si](C)(O)OC.[CH3-].[Ti]. The molecule has 0 aromatic carbocycles. The van der Waals surface area contributed by atoms with Gasteiger partial charge in [0.25, 0.3) is 0 Å². The van der Waals surface area contributed by atoms with Gasteiger partial charge < -0.3 is 31.3 Å². The number of hydrogen-bond acceptors (Lipinski definition) is 7. The predicted molar refractivity (Wildman–Crippen MR) is 88.4 cm³/mol. The maximum Gasteiger partial charge on any atom is 0.494 e. The molecule has 23 heavy (non-hydrogen) atoms. The van der Waals surface area contributed by atoms with Gasteiger partial charge in [0.1, 0.15) is 0 Å². The molecule has 0 bridgehead atoms. The molecule has 0 radical (unpaired) electrons. The summed E-state index contributed by atoms with van der Waals surface area (Å²) in [5.41, 5.74) is 0. The smallest absolute Gasteiger partial charge is 0.494 e. The van der Waals surface area contributed by atoms with E-state index in [1.807, 2.05) is 0 Å². The number of hydrogen-bond donors (Lipinski definition) is 3. The van der Waals surface area contributed by atoms with Crippen LogP contribution >= 0.6 is 0 Å². The van der Waals surface area contributed by atoms with Crippen molar-refractivity contribution < 1.29 is 55.2 Å². The van der Waals surface area contributed by atoms with Crippen molar-refractivity contribution in [1.82, 2.24) is 0 Å². The van der Waals surface area contributed by atoms with Gasteiger partial charge in [-0.2, -0.15) is 0 Å². The zero-order valence-electron chi connectivity index (χ0n) is 15.1. The Morgan fingerprint density at radius 2 is 1.09 bits per heavy atom. The van der Waals surface area contributed by atoms with Crippen molar-refractivity contribution in [3.63, 3.8) is 0 Å². The average molecular weight is 385 g/mol. The van der Waals surface area contributed by atoms with Crippen LogP contribution in [0.15, 0.2) is 23.7 Å². The molecule has 0 aromatic heterocycles. The molecule has 0 rings (SSSR count). The molecule has 0 unspecified atom stereocenters. The molecule has 136 valence electrons. The van der Waals surface area contributed by atoms with Crippen molar-refractivity contribution in [2.75, 3.05) is 14.2 Å². The summed E-state index contributed by atoms with van der Waals surface area (Å²) in [6.45, 7) is 7.25. The summed E-state index contributed by atoms with van der Waals surface area (Å²) in [4.78, 5) is 28.9. The maximum absolute atomic E-state index is 10.0. The van der Waals surface area contributed by atoms with E-state index in [1.165, 1.54) is 54.1 Å². The molecule has 0 amide bonds. The summed E-state index contributed by atoms with van der Waals surface area (Å²) in [6, 6.07) is 0. The van der Waals surface area contributed by atoms with Crippen LogP contribution in [-0.4, -0.2) is 49.6 Å². The fraction of sp³-hybridized carbons (Fsp3) is 0.500. The van der Waals surface area contributed by atoms with E-state index in [-0.39, 0.29) is 52.2 Å². The van der Waals surface area contributed by atoms with Gasteiger partial charge in [0.2, 0.25) is 0 Å². The Morgan fingerprint density at radius 1 is 0.870 bits per heavy atom. The van der Waals surface area contributed by atoms with Gasteiger partial charge in [0.15, 0.2) is 11.6 Å². The second-order valence-corrected chi connectivity index (χ2v) is 6.71. The molecule has 0 fully saturated rings. The topological polar surface area (TPSA) is 113 Å². The first-order valence-electron chi connectivity index (χ1n) is 5.96. The summed E-state index contributed by atoms with van der Waals surface area (Å²) >= 11 is 0. The van der Waals surface area contributed by atoms with Gasteiger partial charge in [0.05, 0.1) is 11.5 Å². The first-order valence-corrected chi connectivity index (χ1v) is 8.22. The molecule has 0 aliphatic rings. The number of allylic oxidation sites excluding steroid dienone is 4. The first kappa shape index (κ1) is 33.8. The first-order chi connectivity index (χ1) is 9.37. The van der Waals surface area contributed by atoms with Crippen molar-refractivity contribution in [2.45, 2.75) is 34.2 Å². The molecule has 0 saturated carbocycles. The average Bonchev–Trinajstić information content (AvgIpc) is 2.27. The molecule has 9 heteroatoms. The van der Waals surface area contributed by atoms with E-state index >= 15 is 0 Å². The van der Waals surface area contributed by atoms with Gasteiger partial charge >= 0.3 is 8.80 Å². The van der Waals surface area contributed by atoms with Gasteiger partial charge in [-0.3, -0.25) is 9.59 Å². The van der Waals surface area contributed by atoms with Crippen molar-refractivity contribution in [3.05, 3.63) is 31.1 Å². The fourth-order valence-electron chi connectivity index (χ4n) is 0.672. The summed E-state index contributed by atoms with van der Waals surface area (Å²) in [5, 5.41) is 16.7. The van der Waals surface area contributed by atoms with Crippen LogP contribution < -0.4 is 0 Å². The van der Waals surface area contributed by atoms with Crippen LogP contribution in [0.5, 0.6) is 0 Å². The molecular formula is C14H29O7SiTi-. The normalized spacial score (nSPS) is 10.6. The number of carbonyl (C=O) groups excluding carboxylic acids is 2. The van der Waals surface area contributed by atoms with E-state index in [2.05, 4.69) is 8.85 Å². The number of carbonyl (C=O) groups is 2. The molecule has 3 N–H and O–H groups in total. The van der Waals surface area contributed by atoms with E-state index in [4.69, 9.17) is 15.0 Å². The Hall–Kier alpha value is -0.769. The van der Waals surface area contributed by atoms with Crippen LogP contribution in [0.2, 0.25) is 6.55 Å². The Bertz CT molecular complexity index is 337. The fourth-order valence-corrected chi connectivity index (χ4v) is 0.838. The molecule has 0 aliphatic heterocycles. The zero-order valence-corrected chi connectivity index (χ0v) is 17.7. The van der Waals surface area contributed by atoms with Gasteiger partial charge in [-0.15, -0.1) is 0 Å². The van der Waals surface area contributed by atoms with Crippen LogP contribution in [0.25, 0.3) is 0 Å². The molecule has 0 saturated heterocycles. The third kappa shape index (κ3) is 44.9. The van der Waals surface area contributed by atoms with Crippen LogP contribution in [0, 0.1) is 7.43 Å². The maximum atomic E-state index is 10.0. The van der Waals surface area contributed by atoms with Gasteiger partial charge in [-0.25, -0.2) is 0 Å². The summed E-state index contributed by atoms with van der Waals surface area (Å²) in [6.07, 6.45) is 2.33. The van der Waals surface area contributed by atoms with Crippen LogP contribution in [-0.2, 0) is 40.2 Å². The van der Waals surface area contributed by atoms with Gasteiger partial charge in [-0.1, -0.05) is 0 Å². The monoisotopic (exact) mass is 385 g/mol. The van der Waals surface area contributed by atoms with E-state index in [1.54, 1.807) is 6.55 Å². The minimum atomic E-state index is -2.65. The zero-order chi connectivity index (χ0) is 17.6. The molecule has 0 heterocycles. The van der Waals surface area contributed by atoms with Gasteiger partial charge in [-0.05, 0) is 27.7 Å². The standard InChI is InChI=1S/2C5H8O2.C3H10O3Si.CH3.Ti/c2*1-4(6)3-5(2)7;1-5-7(3,4)6-2;;/h2*3,6H,1-2H3;4H,1-3H3;1H3;/q;;;-1;. The molecule has 0 spiro atoms. The summed E-state index contributed by atoms with van der Waals surface area (Å²) < 4.78 is 9.12. The number of ketones is 2. The second-order valence-electron chi connectivity index (χ2n) is 4.10. The third-order valence-electron chi connectivity index (χ3n) is 1.58. The van der Waals surface area contributed by atoms with E-state index < -0.39 is 8.80 Å². The second kappa shape index (κ2) is 19.3. The molecule has 0 aliphatic carbocycles. The quantitative estimate of drug-likeness (QED) is 0.295. The Labute approximate surface area is 155 Å². The van der Waals surface area contributed by atoms with Crippen LogP contribution in [0.3, 0.4) is 0 Å². The van der Waals surface area contributed by atoms with E-state index in [0.29, 0.717) is 0 Å². The minimum absolute atomic E-state index is 0. The molecule has 0 atom stereocenters. The largest absolute Gasteiger partial charge is 0.512 e. The van der Waals surface area contributed by atoms with Crippen molar-refractivity contribution in [1.29, 1.82) is 0 Å². The third-order valence-corrected chi connectivity index (χ3v) is 3.10. The number of aliphatic hydroxyl groups is 2. The Balaban J connectivity index is -0.0000000675. The van der Waals surface area contributed by atoms with Crippen molar-refractivity contribution >= 4 is 20.4 Å². The Morgan fingerprint density at radius 3 is 1.09 bits per heavy atom. The van der Waals surface area contributed by atoms with Crippen molar-refractivity contribution in [2.24, 2.45) is 0 Å². The van der Waals surface area contributed by atoms with Crippen molar-refractivity contribution in [3.8, 4) is 0 Å². The van der Waals surface area contributed by atoms with Crippen LogP contribution in [0.1, 0.15) is 27.7 Å². The minimum Gasteiger partial charge on any atom is -0.512 e. The summed E-state index contributed by atoms with van der Waals surface area (Å²) in [5.74, 6) is -0.125. The van der Waals surface area contributed by atoms with E-state index in [0.717, 1.165) is 0 Å². The number of aliphatic hydroxyl groups excluding tert-OH is 2. The summed E-state index contributed by atoms with van der Waals surface area (Å²) in [7, 11) is 0.201. The van der Waals surface area contributed by atoms with E-state index in [9.17, 15) is 9.59 Å². The predicted octanol–water partition coefficient (Wildman–Crippen LogP) is 2.36. The van der Waals surface area contributed by atoms with Gasteiger partial charge in [0, 0.05) is 54.6 Å². The Kier molecular flexibility index (Phi) is 28.3.